The first-order valence-electron chi connectivity index (χ1n) is 5.73. The van der Waals surface area contributed by atoms with Crippen LogP contribution in [0.2, 0.25) is 0 Å². The Hall–Kier alpha value is -1.37. The number of hydrogen-bond acceptors (Lipinski definition) is 3. The van der Waals surface area contributed by atoms with E-state index in [1.54, 1.807) is 0 Å². The fourth-order valence-electron chi connectivity index (χ4n) is 1.91. The zero-order valence-electron chi connectivity index (χ0n) is 10.2. The molecule has 0 saturated carbocycles. The number of hydrogen-bond donors (Lipinski definition) is 3. The fraction of sp³-hybridized carbons (Fsp3) is 0.333. The monoisotopic (exact) mass is 267 g/mol. The third kappa shape index (κ3) is 3.10. The molecule has 0 fully saturated rings. The van der Waals surface area contributed by atoms with E-state index in [0.717, 1.165) is 34.7 Å². The van der Waals surface area contributed by atoms with Crippen LogP contribution in [0.25, 0.3) is 10.9 Å². The highest BCUT2D eigenvalue weighted by molar-refractivity contribution is 7.88. The number of rotatable bonds is 5. The first-order valence-corrected chi connectivity index (χ1v) is 7.62. The first-order chi connectivity index (χ1) is 8.49. The summed E-state index contributed by atoms with van der Waals surface area (Å²) >= 11 is 0. The molecule has 0 radical (unpaired) electrons. The quantitative estimate of drug-likeness (QED) is 0.746. The summed E-state index contributed by atoms with van der Waals surface area (Å²) in [4.78, 5) is 3.18. The van der Waals surface area contributed by atoms with Crippen LogP contribution >= 0.6 is 0 Å². The van der Waals surface area contributed by atoms with E-state index in [4.69, 9.17) is 5.73 Å². The standard InChI is InChI=1S/C12H17N3O2S/c1-18(16,17)15-7-9-2-3-12-11(6-9)10(4-5-13)8-14-12/h2-3,6,8,14-15H,4-5,7,13H2,1H3. The normalized spacial score (nSPS) is 12.1. The van der Waals surface area contributed by atoms with Crippen LogP contribution in [0, 0.1) is 0 Å². The van der Waals surface area contributed by atoms with Crippen LogP contribution in [-0.4, -0.2) is 26.2 Å². The minimum Gasteiger partial charge on any atom is -0.361 e. The Morgan fingerprint density at radius 2 is 2.17 bits per heavy atom. The number of aromatic nitrogens is 1. The molecule has 0 aliphatic heterocycles. The largest absolute Gasteiger partial charge is 0.361 e. The predicted octanol–water partition coefficient (Wildman–Crippen LogP) is 0.718. The van der Waals surface area contributed by atoms with Crippen molar-refractivity contribution in [3.63, 3.8) is 0 Å². The molecule has 5 nitrogen and oxygen atoms in total. The summed E-state index contributed by atoms with van der Waals surface area (Å²) in [6.07, 6.45) is 3.91. The van der Waals surface area contributed by atoms with Crippen LogP contribution in [0.5, 0.6) is 0 Å². The Bertz CT molecular complexity index is 646. The topological polar surface area (TPSA) is 88.0 Å². The number of nitrogens with two attached hydrogens (primary N) is 1. The molecule has 1 heterocycles. The molecule has 98 valence electrons. The predicted molar refractivity (Wildman–Crippen MR) is 72.7 cm³/mol. The van der Waals surface area contributed by atoms with Crippen molar-refractivity contribution in [1.29, 1.82) is 0 Å². The van der Waals surface area contributed by atoms with E-state index in [1.807, 2.05) is 24.4 Å². The Kier molecular flexibility index (Phi) is 3.70. The van der Waals surface area contributed by atoms with Gasteiger partial charge in [0, 0.05) is 23.6 Å². The van der Waals surface area contributed by atoms with Crippen molar-refractivity contribution in [2.45, 2.75) is 13.0 Å². The van der Waals surface area contributed by atoms with Gasteiger partial charge in [-0.2, -0.15) is 0 Å². The molecule has 0 saturated heterocycles. The summed E-state index contributed by atoms with van der Waals surface area (Å²) in [7, 11) is -3.16. The molecule has 0 spiro atoms. The van der Waals surface area contributed by atoms with E-state index in [1.165, 1.54) is 0 Å². The maximum Gasteiger partial charge on any atom is 0.209 e. The zero-order chi connectivity index (χ0) is 13.2. The molecule has 0 bridgehead atoms. The van der Waals surface area contributed by atoms with Crippen molar-refractivity contribution < 1.29 is 8.42 Å². The molecule has 1 aromatic carbocycles. The Morgan fingerprint density at radius 3 is 2.83 bits per heavy atom. The van der Waals surface area contributed by atoms with E-state index >= 15 is 0 Å². The summed E-state index contributed by atoms with van der Waals surface area (Å²) in [6, 6.07) is 5.85. The van der Waals surface area contributed by atoms with Gasteiger partial charge >= 0.3 is 0 Å². The third-order valence-corrected chi connectivity index (χ3v) is 3.45. The van der Waals surface area contributed by atoms with Crippen molar-refractivity contribution >= 4 is 20.9 Å². The van der Waals surface area contributed by atoms with Crippen molar-refractivity contribution in [2.75, 3.05) is 12.8 Å². The van der Waals surface area contributed by atoms with Gasteiger partial charge in [-0.25, -0.2) is 13.1 Å². The van der Waals surface area contributed by atoms with Crippen LogP contribution in [0.1, 0.15) is 11.1 Å². The van der Waals surface area contributed by atoms with Crippen LogP contribution in [0.4, 0.5) is 0 Å². The van der Waals surface area contributed by atoms with Crippen LogP contribution in [0.15, 0.2) is 24.4 Å². The Balaban J connectivity index is 2.27. The third-order valence-electron chi connectivity index (χ3n) is 2.78. The number of aromatic amines is 1. The highest BCUT2D eigenvalue weighted by atomic mass is 32.2. The summed E-state index contributed by atoms with van der Waals surface area (Å²) < 4.78 is 24.6. The van der Waals surface area contributed by atoms with E-state index in [2.05, 4.69) is 9.71 Å². The SMILES string of the molecule is CS(=O)(=O)NCc1ccc2[nH]cc(CCN)c2c1. The minimum atomic E-state index is -3.16. The molecule has 0 aliphatic carbocycles. The van der Waals surface area contributed by atoms with Crippen molar-refractivity contribution in [2.24, 2.45) is 5.73 Å². The van der Waals surface area contributed by atoms with Gasteiger partial charge in [0.25, 0.3) is 0 Å². The highest BCUT2D eigenvalue weighted by Gasteiger charge is 2.05. The molecule has 4 N–H and O–H groups in total. The van der Waals surface area contributed by atoms with Gasteiger partial charge in [-0.1, -0.05) is 6.07 Å². The van der Waals surface area contributed by atoms with E-state index in [9.17, 15) is 8.42 Å². The lowest BCUT2D eigenvalue weighted by atomic mass is 10.1. The van der Waals surface area contributed by atoms with E-state index < -0.39 is 10.0 Å². The molecule has 0 atom stereocenters. The molecule has 18 heavy (non-hydrogen) atoms. The van der Waals surface area contributed by atoms with Gasteiger partial charge in [0.2, 0.25) is 10.0 Å². The zero-order valence-corrected chi connectivity index (χ0v) is 11.0. The highest BCUT2D eigenvalue weighted by Crippen LogP contribution is 2.20. The van der Waals surface area contributed by atoms with Crippen molar-refractivity contribution in [3.05, 3.63) is 35.5 Å². The Labute approximate surface area is 106 Å². The van der Waals surface area contributed by atoms with Gasteiger partial charge in [-0.05, 0) is 36.2 Å². The van der Waals surface area contributed by atoms with E-state index in [0.29, 0.717) is 13.1 Å². The van der Waals surface area contributed by atoms with Gasteiger partial charge < -0.3 is 10.7 Å². The first kappa shape index (κ1) is 13.1. The average Bonchev–Trinajstić information content (AvgIpc) is 2.69. The summed E-state index contributed by atoms with van der Waals surface area (Å²) in [5.74, 6) is 0. The molecule has 0 unspecified atom stereocenters. The van der Waals surface area contributed by atoms with Gasteiger partial charge in [-0.15, -0.1) is 0 Å². The second kappa shape index (κ2) is 5.09. The number of fused-ring (bicyclic) bond motifs is 1. The number of benzene rings is 1. The fourth-order valence-corrected chi connectivity index (χ4v) is 2.34. The van der Waals surface area contributed by atoms with Crippen LogP contribution < -0.4 is 10.5 Å². The lowest BCUT2D eigenvalue weighted by Gasteiger charge is -2.04. The molecule has 2 aromatic rings. The van der Waals surface area contributed by atoms with Gasteiger partial charge in [0.05, 0.1) is 6.26 Å². The molecular weight excluding hydrogens is 250 g/mol. The van der Waals surface area contributed by atoms with Gasteiger partial charge in [0.1, 0.15) is 0 Å². The molecular formula is C12H17N3O2S. The minimum absolute atomic E-state index is 0.308. The molecule has 6 heteroatoms. The molecule has 1 aromatic heterocycles. The van der Waals surface area contributed by atoms with Crippen molar-refractivity contribution in [3.8, 4) is 0 Å². The van der Waals surface area contributed by atoms with E-state index in [-0.39, 0.29) is 0 Å². The number of H-pyrrole nitrogens is 1. The Morgan fingerprint density at radius 1 is 1.39 bits per heavy atom. The number of nitrogens with one attached hydrogen (secondary N) is 2. The van der Waals surface area contributed by atoms with Crippen LogP contribution in [-0.2, 0) is 23.0 Å². The molecule has 2 rings (SSSR count). The summed E-state index contributed by atoms with van der Waals surface area (Å²) in [5.41, 5.74) is 8.70. The van der Waals surface area contributed by atoms with Gasteiger partial charge in [-0.3, -0.25) is 0 Å². The summed E-state index contributed by atoms with van der Waals surface area (Å²) in [6.45, 7) is 0.904. The lowest BCUT2D eigenvalue weighted by Crippen LogP contribution is -2.21. The summed E-state index contributed by atoms with van der Waals surface area (Å²) in [5, 5.41) is 1.10. The van der Waals surface area contributed by atoms with Crippen molar-refractivity contribution in [1.82, 2.24) is 9.71 Å². The number of sulfonamides is 1. The smallest absolute Gasteiger partial charge is 0.209 e. The van der Waals surface area contributed by atoms with Gasteiger partial charge in [0.15, 0.2) is 0 Å². The molecule has 0 amide bonds. The second-order valence-corrected chi connectivity index (χ2v) is 6.16. The maximum absolute atomic E-state index is 11.1. The molecule has 0 aliphatic rings. The maximum atomic E-state index is 11.1. The second-order valence-electron chi connectivity index (χ2n) is 4.33. The average molecular weight is 267 g/mol. The lowest BCUT2D eigenvalue weighted by molar-refractivity contribution is 0.587. The van der Waals surface area contributed by atoms with Crippen LogP contribution in [0.3, 0.4) is 0 Å².